The second kappa shape index (κ2) is 8.53. The van der Waals surface area contributed by atoms with E-state index in [1.165, 1.54) is 15.9 Å². The molecule has 1 aliphatic rings. The minimum atomic E-state index is -0.450. The number of rotatable bonds is 7. The Morgan fingerprint density at radius 2 is 1.89 bits per heavy atom. The summed E-state index contributed by atoms with van der Waals surface area (Å²) >= 11 is 0. The van der Waals surface area contributed by atoms with Gasteiger partial charge in [0.25, 0.3) is 0 Å². The summed E-state index contributed by atoms with van der Waals surface area (Å²) in [7, 11) is 1.61. The molecule has 0 radical (unpaired) electrons. The third-order valence-electron chi connectivity index (χ3n) is 4.48. The molecule has 2 aromatic rings. The summed E-state index contributed by atoms with van der Waals surface area (Å²) in [6.45, 7) is 1.13. The van der Waals surface area contributed by atoms with Gasteiger partial charge in [0, 0.05) is 19.6 Å². The SMILES string of the molecule is COc1ccccc1CCNC(=O)CN1CCN(c2ccccc2F)C1=O. The highest BCUT2D eigenvalue weighted by molar-refractivity contribution is 5.96. The van der Waals surface area contributed by atoms with E-state index < -0.39 is 5.82 Å². The van der Waals surface area contributed by atoms with Crippen LogP contribution in [0.5, 0.6) is 5.75 Å². The maximum absolute atomic E-state index is 13.9. The van der Waals surface area contributed by atoms with Gasteiger partial charge in [-0.25, -0.2) is 9.18 Å². The fraction of sp³-hybridized carbons (Fsp3) is 0.300. The monoisotopic (exact) mass is 371 g/mol. The first-order valence-electron chi connectivity index (χ1n) is 8.79. The zero-order valence-corrected chi connectivity index (χ0v) is 15.2. The number of urea groups is 1. The van der Waals surface area contributed by atoms with Crippen LogP contribution >= 0.6 is 0 Å². The van der Waals surface area contributed by atoms with Crippen LogP contribution in [0.4, 0.5) is 14.9 Å². The van der Waals surface area contributed by atoms with Crippen LogP contribution in [0.25, 0.3) is 0 Å². The van der Waals surface area contributed by atoms with Gasteiger partial charge in [0.05, 0.1) is 12.8 Å². The Morgan fingerprint density at radius 3 is 2.67 bits per heavy atom. The molecular formula is C20H22FN3O3. The molecule has 6 nitrogen and oxygen atoms in total. The summed E-state index contributed by atoms with van der Waals surface area (Å²) in [6.07, 6.45) is 0.630. The Bertz CT molecular complexity index is 828. The number of ether oxygens (including phenoxy) is 1. The van der Waals surface area contributed by atoms with Crippen LogP contribution in [0.15, 0.2) is 48.5 Å². The van der Waals surface area contributed by atoms with Crippen molar-refractivity contribution in [3.8, 4) is 5.75 Å². The number of halogens is 1. The highest BCUT2D eigenvalue weighted by Crippen LogP contribution is 2.23. The molecule has 1 fully saturated rings. The smallest absolute Gasteiger partial charge is 0.325 e. The van der Waals surface area contributed by atoms with Crippen molar-refractivity contribution in [3.63, 3.8) is 0 Å². The number of hydrogen-bond acceptors (Lipinski definition) is 3. The molecule has 0 saturated carbocycles. The molecule has 3 amide bonds. The molecule has 0 bridgehead atoms. The van der Waals surface area contributed by atoms with Crippen LogP contribution in [0, 0.1) is 5.82 Å². The number of para-hydroxylation sites is 2. The number of benzene rings is 2. The topological polar surface area (TPSA) is 61.9 Å². The van der Waals surface area contributed by atoms with Gasteiger partial charge in [-0.15, -0.1) is 0 Å². The molecule has 0 aliphatic carbocycles. The Labute approximate surface area is 157 Å². The maximum Gasteiger partial charge on any atom is 0.325 e. The molecule has 1 heterocycles. The molecule has 0 unspecified atom stereocenters. The standard InChI is InChI=1S/C20H22FN3O3/c1-27-18-9-5-2-6-15(18)10-11-22-19(25)14-23-12-13-24(20(23)26)17-8-4-3-7-16(17)21/h2-9H,10-14H2,1H3,(H,22,25). The summed E-state index contributed by atoms with van der Waals surface area (Å²) in [5.74, 6) is 0.0876. The number of carbonyl (C=O) groups excluding carboxylic acids is 2. The predicted octanol–water partition coefficient (Wildman–Crippen LogP) is 2.44. The first kappa shape index (κ1) is 18.7. The maximum atomic E-state index is 13.9. The summed E-state index contributed by atoms with van der Waals surface area (Å²) in [5, 5.41) is 2.81. The van der Waals surface area contributed by atoms with Gasteiger partial charge < -0.3 is 15.0 Å². The van der Waals surface area contributed by atoms with Crippen molar-refractivity contribution in [1.29, 1.82) is 0 Å². The van der Waals surface area contributed by atoms with E-state index in [1.807, 2.05) is 24.3 Å². The zero-order chi connectivity index (χ0) is 19.2. The van der Waals surface area contributed by atoms with Gasteiger partial charge in [0.15, 0.2) is 0 Å². The normalized spacial score (nSPS) is 13.8. The number of methoxy groups -OCH3 is 1. The number of carbonyl (C=O) groups is 2. The summed E-state index contributed by atoms with van der Waals surface area (Å²) < 4.78 is 19.2. The van der Waals surface area contributed by atoms with Crippen molar-refractivity contribution >= 4 is 17.6 Å². The van der Waals surface area contributed by atoms with E-state index in [9.17, 15) is 14.0 Å². The van der Waals surface area contributed by atoms with Crippen molar-refractivity contribution in [3.05, 3.63) is 59.9 Å². The minimum absolute atomic E-state index is 0.0459. The van der Waals surface area contributed by atoms with E-state index >= 15 is 0 Å². The molecule has 1 saturated heterocycles. The minimum Gasteiger partial charge on any atom is -0.496 e. The molecular weight excluding hydrogens is 349 g/mol. The molecule has 1 N–H and O–H groups in total. The second-order valence-corrected chi connectivity index (χ2v) is 6.22. The lowest BCUT2D eigenvalue weighted by molar-refractivity contribution is -0.121. The Hall–Kier alpha value is -3.09. The van der Waals surface area contributed by atoms with Gasteiger partial charge in [-0.05, 0) is 30.2 Å². The molecule has 142 valence electrons. The van der Waals surface area contributed by atoms with Crippen LogP contribution in [0.3, 0.4) is 0 Å². The average molecular weight is 371 g/mol. The van der Waals surface area contributed by atoms with E-state index in [1.54, 1.807) is 25.3 Å². The average Bonchev–Trinajstić information content (AvgIpc) is 3.03. The Balaban J connectivity index is 1.50. The number of amides is 3. The lowest BCUT2D eigenvalue weighted by atomic mass is 10.1. The fourth-order valence-corrected chi connectivity index (χ4v) is 3.10. The van der Waals surface area contributed by atoms with Crippen LogP contribution in [-0.2, 0) is 11.2 Å². The third kappa shape index (κ3) is 4.36. The Kier molecular flexibility index (Phi) is 5.90. The number of nitrogens with zero attached hydrogens (tertiary/aromatic N) is 2. The van der Waals surface area contributed by atoms with E-state index in [-0.39, 0.29) is 24.2 Å². The van der Waals surface area contributed by atoms with Gasteiger partial charge in [0.2, 0.25) is 5.91 Å². The number of anilines is 1. The first-order chi connectivity index (χ1) is 13.1. The fourth-order valence-electron chi connectivity index (χ4n) is 3.10. The quantitative estimate of drug-likeness (QED) is 0.813. The molecule has 0 atom stereocenters. The number of hydrogen-bond donors (Lipinski definition) is 1. The molecule has 27 heavy (non-hydrogen) atoms. The number of nitrogens with one attached hydrogen (secondary N) is 1. The molecule has 1 aliphatic heterocycles. The predicted molar refractivity (Wildman–Crippen MR) is 100 cm³/mol. The van der Waals surface area contributed by atoms with Crippen molar-refractivity contribution in [2.75, 3.05) is 38.2 Å². The van der Waals surface area contributed by atoms with Crippen LogP contribution < -0.4 is 15.0 Å². The summed E-state index contributed by atoms with van der Waals surface area (Å²) in [6, 6.07) is 13.4. The summed E-state index contributed by atoms with van der Waals surface area (Å²) in [4.78, 5) is 27.4. The highest BCUT2D eigenvalue weighted by atomic mass is 19.1. The third-order valence-corrected chi connectivity index (χ3v) is 4.48. The van der Waals surface area contributed by atoms with E-state index in [2.05, 4.69) is 5.32 Å². The second-order valence-electron chi connectivity index (χ2n) is 6.22. The summed E-state index contributed by atoms with van der Waals surface area (Å²) in [5.41, 5.74) is 1.24. The highest BCUT2D eigenvalue weighted by Gasteiger charge is 2.32. The Morgan fingerprint density at radius 1 is 1.15 bits per heavy atom. The van der Waals surface area contributed by atoms with Gasteiger partial charge >= 0.3 is 6.03 Å². The largest absolute Gasteiger partial charge is 0.496 e. The lowest BCUT2D eigenvalue weighted by Gasteiger charge is -2.19. The lowest BCUT2D eigenvalue weighted by Crippen LogP contribution is -2.40. The van der Waals surface area contributed by atoms with Crippen molar-refractivity contribution < 1.29 is 18.7 Å². The molecule has 7 heteroatoms. The van der Waals surface area contributed by atoms with Gasteiger partial charge in [-0.1, -0.05) is 30.3 Å². The van der Waals surface area contributed by atoms with E-state index in [0.29, 0.717) is 26.1 Å². The van der Waals surface area contributed by atoms with Crippen LogP contribution in [0.2, 0.25) is 0 Å². The van der Waals surface area contributed by atoms with E-state index in [4.69, 9.17) is 4.74 Å². The van der Waals surface area contributed by atoms with Gasteiger partial charge in [-0.2, -0.15) is 0 Å². The molecule has 0 spiro atoms. The molecule has 0 aromatic heterocycles. The van der Waals surface area contributed by atoms with Gasteiger partial charge in [0.1, 0.15) is 18.1 Å². The molecule has 3 rings (SSSR count). The van der Waals surface area contributed by atoms with Crippen molar-refractivity contribution in [2.24, 2.45) is 0 Å². The van der Waals surface area contributed by atoms with Crippen molar-refractivity contribution in [2.45, 2.75) is 6.42 Å². The zero-order valence-electron chi connectivity index (χ0n) is 15.2. The first-order valence-corrected chi connectivity index (χ1v) is 8.79. The van der Waals surface area contributed by atoms with E-state index in [0.717, 1.165) is 11.3 Å². The molecule has 2 aromatic carbocycles. The van der Waals surface area contributed by atoms with Gasteiger partial charge in [-0.3, -0.25) is 9.69 Å². The van der Waals surface area contributed by atoms with Crippen LogP contribution in [0.1, 0.15) is 5.56 Å². The van der Waals surface area contributed by atoms with Crippen LogP contribution in [-0.4, -0.2) is 50.1 Å². The van der Waals surface area contributed by atoms with Crippen molar-refractivity contribution in [1.82, 2.24) is 10.2 Å².